The van der Waals surface area contributed by atoms with Crippen molar-refractivity contribution >= 4 is 11.6 Å². The molecule has 0 aliphatic carbocycles. The fraction of sp³-hybridized carbons (Fsp3) is 0.297. The number of carbonyl (C=O) groups is 1. The molecule has 7 nitrogen and oxygen atoms in total. The van der Waals surface area contributed by atoms with Crippen molar-refractivity contribution in [1.82, 2.24) is 14.3 Å². The van der Waals surface area contributed by atoms with Gasteiger partial charge in [0.1, 0.15) is 18.1 Å². The van der Waals surface area contributed by atoms with Gasteiger partial charge in [-0.2, -0.15) is 0 Å². The number of fused-ring (bicyclic) bond motifs is 1. The number of ether oxygens (including phenoxy) is 3. The number of aromatic nitrogens is 2. The van der Waals surface area contributed by atoms with Gasteiger partial charge in [-0.1, -0.05) is 60.7 Å². The number of rotatable bonds is 11. The maximum absolute atomic E-state index is 13.9. The second kappa shape index (κ2) is 13.7. The van der Waals surface area contributed by atoms with Gasteiger partial charge < -0.3 is 23.5 Å². The number of piperidine rings is 1. The zero-order valence-corrected chi connectivity index (χ0v) is 25.4. The molecule has 3 aromatic carbocycles. The molecule has 1 saturated heterocycles. The van der Waals surface area contributed by atoms with Crippen molar-refractivity contribution in [2.75, 3.05) is 27.3 Å². The van der Waals surface area contributed by atoms with Gasteiger partial charge in [-0.3, -0.25) is 4.79 Å². The molecule has 1 fully saturated rings. The van der Waals surface area contributed by atoms with Crippen LogP contribution in [0.15, 0.2) is 103 Å². The highest BCUT2D eigenvalue weighted by molar-refractivity contribution is 5.78. The van der Waals surface area contributed by atoms with Crippen LogP contribution in [-0.4, -0.2) is 47.5 Å². The summed E-state index contributed by atoms with van der Waals surface area (Å²) < 4.78 is 19.5. The van der Waals surface area contributed by atoms with E-state index in [1.54, 1.807) is 14.2 Å². The van der Waals surface area contributed by atoms with Crippen molar-refractivity contribution in [2.24, 2.45) is 5.92 Å². The molecule has 0 bridgehead atoms. The highest BCUT2D eigenvalue weighted by Crippen LogP contribution is 2.36. The second-order valence-corrected chi connectivity index (χ2v) is 11.4. The van der Waals surface area contributed by atoms with Gasteiger partial charge in [0, 0.05) is 43.9 Å². The lowest BCUT2D eigenvalue weighted by molar-refractivity contribution is -0.132. The van der Waals surface area contributed by atoms with Crippen molar-refractivity contribution in [3.05, 3.63) is 126 Å². The Hall–Kier alpha value is -4.78. The fourth-order valence-electron chi connectivity index (χ4n) is 6.17. The number of likely N-dealkylation sites (tertiary alicyclic amines) is 1. The van der Waals surface area contributed by atoms with Crippen molar-refractivity contribution in [3.8, 4) is 17.2 Å². The lowest BCUT2D eigenvalue weighted by atomic mass is 9.88. The molecule has 5 aromatic rings. The van der Waals surface area contributed by atoms with Crippen LogP contribution < -0.4 is 14.2 Å². The van der Waals surface area contributed by atoms with Crippen LogP contribution in [0.2, 0.25) is 0 Å². The molecule has 1 aliphatic heterocycles. The van der Waals surface area contributed by atoms with E-state index in [9.17, 15) is 4.79 Å². The van der Waals surface area contributed by atoms with Crippen LogP contribution in [0.3, 0.4) is 0 Å². The molecule has 0 radical (unpaired) electrons. The molecule has 3 heterocycles. The normalized spacial score (nSPS) is 14.4. The molecule has 1 atom stereocenters. The van der Waals surface area contributed by atoms with Crippen molar-refractivity contribution in [1.29, 1.82) is 0 Å². The molecule has 6 rings (SSSR count). The molecule has 1 amide bonds. The monoisotopic (exact) mass is 589 g/mol. The molecule has 7 heteroatoms. The summed E-state index contributed by atoms with van der Waals surface area (Å²) in [5, 5.41) is 0. The average Bonchev–Trinajstić information content (AvgIpc) is 3.51. The molecule has 0 spiro atoms. The van der Waals surface area contributed by atoms with Crippen LogP contribution >= 0.6 is 0 Å². The first-order valence-electron chi connectivity index (χ1n) is 15.3. The lowest BCUT2D eigenvalue weighted by Gasteiger charge is -2.33. The number of methoxy groups -OCH3 is 2. The number of nitrogens with zero attached hydrogens (tertiary/aromatic N) is 3. The van der Waals surface area contributed by atoms with Crippen LogP contribution in [-0.2, 0) is 17.8 Å². The third kappa shape index (κ3) is 6.72. The number of imidazole rings is 1. The van der Waals surface area contributed by atoms with Crippen LogP contribution in [0.25, 0.3) is 5.65 Å². The summed E-state index contributed by atoms with van der Waals surface area (Å²) >= 11 is 0. The van der Waals surface area contributed by atoms with Gasteiger partial charge in [0.05, 0.1) is 19.9 Å². The van der Waals surface area contributed by atoms with Crippen molar-refractivity contribution < 1.29 is 19.0 Å². The predicted molar refractivity (Wildman–Crippen MR) is 171 cm³/mol. The number of pyridine rings is 1. The third-order valence-corrected chi connectivity index (χ3v) is 8.61. The first-order chi connectivity index (χ1) is 21.6. The molecular formula is C37H39N3O4. The summed E-state index contributed by atoms with van der Waals surface area (Å²) in [7, 11) is 3.28. The third-order valence-electron chi connectivity index (χ3n) is 8.61. The Morgan fingerprint density at radius 3 is 2.18 bits per heavy atom. The number of hydrogen-bond donors (Lipinski definition) is 0. The summed E-state index contributed by atoms with van der Waals surface area (Å²) in [5.41, 5.74) is 5.01. The number of benzene rings is 3. The van der Waals surface area contributed by atoms with Crippen molar-refractivity contribution in [3.63, 3.8) is 0 Å². The van der Waals surface area contributed by atoms with Gasteiger partial charge in [-0.25, -0.2) is 4.98 Å². The molecule has 0 saturated carbocycles. The SMILES string of the molecule is COc1cc(OC)cc(C(CC(=O)N2CCC(Cc3ccccc3)CC2)c2cnc3c(OCc4ccccc4)cccn23)c1. The summed E-state index contributed by atoms with van der Waals surface area (Å²) in [6.45, 7) is 1.99. The first kappa shape index (κ1) is 29.3. The summed E-state index contributed by atoms with van der Waals surface area (Å²) in [6, 6.07) is 30.4. The average molecular weight is 590 g/mol. The van der Waals surface area contributed by atoms with E-state index in [4.69, 9.17) is 19.2 Å². The van der Waals surface area contributed by atoms with Gasteiger partial charge in [0.25, 0.3) is 0 Å². The number of hydrogen-bond acceptors (Lipinski definition) is 5. The fourth-order valence-corrected chi connectivity index (χ4v) is 6.17. The van der Waals surface area contributed by atoms with E-state index >= 15 is 0 Å². The minimum atomic E-state index is -0.270. The Kier molecular flexibility index (Phi) is 9.11. The standard InChI is InChI=1S/C37H39N3O4/c1-42-31-21-30(22-32(23-31)43-2)33(24-36(41)39-18-15-28(16-19-39)20-27-10-5-3-6-11-27)34-25-38-37-35(14-9-17-40(34)37)44-26-29-12-7-4-8-13-29/h3-14,17,21-23,25,28,33H,15-16,18-20,24,26H2,1-2H3. The van der Waals surface area contributed by atoms with Gasteiger partial charge in [-0.15, -0.1) is 0 Å². The maximum atomic E-state index is 13.9. The van der Waals surface area contributed by atoms with Crippen LogP contribution in [0.1, 0.15) is 47.6 Å². The van der Waals surface area contributed by atoms with Gasteiger partial charge in [0.15, 0.2) is 11.4 Å². The highest BCUT2D eigenvalue weighted by atomic mass is 16.5. The Balaban J connectivity index is 1.26. The molecule has 1 aliphatic rings. The molecule has 44 heavy (non-hydrogen) atoms. The Morgan fingerprint density at radius 1 is 0.864 bits per heavy atom. The topological polar surface area (TPSA) is 65.3 Å². The predicted octanol–water partition coefficient (Wildman–Crippen LogP) is 6.93. The molecule has 226 valence electrons. The van der Waals surface area contributed by atoms with Gasteiger partial charge >= 0.3 is 0 Å². The highest BCUT2D eigenvalue weighted by Gasteiger charge is 2.29. The summed E-state index contributed by atoms with van der Waals surface area (Å²) in [5.74, 6) is 2.51. The van der Waals surface area contributed by atoms with Crippen LogP contribution in [0.4, 0.5) is 0 Å². The first-order valence-corrected chi connectivity index (χ1v) is 15.3. The van der Waals surface area contributed by atoms with E-state index in [1.165, 1.54) is 5.56 Å². The van der Waals surface area contributed by atoms with Crippen LogP contribution in [0.5, 0.6) is 17.2 Å². The smallest absolute Gasteiger partial charge is 0.223 e. The molecule has 1 unspecified atom stereocenters. The second-order valence-electron chi connectivity index (χ2n) is 11.4. The Labute approximate surface area is 259 Å². The lowest BCUT2D eigenvalue weighted by Crippen LogP contribution is -2.39. The largest absolute Gasteiger partial charge is 0.497 e. The number of carbonyl (C=O) groups excluding carboxylic acids is 1. The van der Waals surface area contributed by atoms with Gasteiger partial charge in [-0.05, 0) is 66.1 Å². The zero-order chi connectivity index (χ0) is 30.3. The minimum Gasteiger partial charge on any atom is -0.497 e. The van der Waals surface area contributed by atoms with E-state index in [2.05, 4.69) is 30.3 Å². The summed E-state index contributed by atoms with van der Waals surface area (Å²) in [6.07, 6.45) is 7.23. The molecule has 2 aromatic heterocycles. The summed E-state index contributed by atoms with van der Waals surface area (Å²) in [4.78, 5) is 20.7. The van der Waals surface area contributed by atoms with Crippen molar-refractivity contribution in [2.45, 2.75) is 38.2 Å². The van der Waals surface area contributed by atoms with E-state index in [0.717, 1.165) is 49.2 Å². The quantitative estimate of drug-likeness (QED) is 0.167. The Morgan fingerprint density at radius 2 is 1.52 bits per heavy atom. The maximum Gasteiger partial charge on any atom is 0.223 e. The zero-order valence-electron chi connectivity index (χ0n) is 25.4. The van der Waals surface area contributed by atoms with E-state index < -0.39 is 0 Å². The molecular weight excluding hydrogens is 550 g/mol. The van der Waals surface area contributed by atoms with Crippen LogP contribution in [0, 0.1) is 5.92 Å². The molecule has 0 N–H and O–H groups in total. The van der Waals surface area contributed by atoms with E-state index in [1.807, 2.05) is 82.4 Å². The number of amides is 1. The minimum absolute atomic E-state index is 0.140. The van der Waals surface area contributed by atoms with E-state index in [0.29, 0.717) is 41.8 Å². The van der Waals surface area contributed by atoms with Gasteiger partial charge in [0.2, 0.25) is 5.91 Å². The Bertz CT molecular complexity index is 1660. The van der Waals surface area contributed by atoms with E-state index in [-0.39, 0.29) is 11.8 Å².